The Balaban J connectivity index is 1.50. The fraction of sp³-hybridized carbons (Fsp3) is 0.227. The summed E-state index contributed by atoms with van der Waals surface area (Å²) >= 11 is 1.20. The van der Waals surface area contributed by atoms with Gasteiger partial charge in [0.2, 0.25) is 5.91 Å². The van der Waals surface area contributed by atoms with Crippen LogP contribution < -0.4 is 15.6 Å². The number of benzene rings is 2. The summed E-state index contributed by atoms with van der Waals surface area (Å²) in [6.07, 6.45) is 0.630. The number of ether oxygens (including phenoxy) is 1. The van der Waals surface area contributed by atoms with Gasteiger partial charge in [-0.3, -0.25) is 9.59 Å². The van der Waals surface area contributed by atoms with E-state index in [4.69, 9.17) is 4.74 Å². The molecule has 0 unspecified atom stereocenters. The number of thioether (sulfide) groups is 1. The highest BCUT2D eigenvalue weighted by molar-refractivity contribution is 7.99. The minimum absolute atomic E-state index is 0.144. The molecular formula is C22H23N3O3S. The van der Waals surface area contributed by atoms with E-state index in [1.54, 1.807) is 19.1 Å². The Labute approximate surface area is 173 Å². The maximum Gasteiger partial charge on any atom is 0.254 e. The van der Waals surface area contributed by atoms with Crippen LogP contribution in [-0.4, -0.2) is 21.6 Å². The largest absolute Gasteiger partial charge is 0.489 e. The van der Waals surface area contributed by atoms with Gasteiger partial charge in [-0.2, -0.15) is 0 Å². The first-order valence-electron chi connectivity index (χ1n) is 9.34. The number of anilines is 1. The van der Waals surface area contributed by atoms with Crippen LogP contribution in [0.1, 0.15) is 23.7 Å². The highest BCUT2D eigenvalue weighted by Gasteiger charge is 2.09. The predicted molar refractivity (Wildman–Crippen MR) is 116 cm³/mol. The molecule has 0 radical (unpaired) electrons. The van der Waals surface area contributed by atoms with Crippen molar-refractivity contribution >= 4 is 23.4 Å². The number of rotatable bonds is 8. The molecule has 0 aliphatic heterocycles. The topological polar surface area (TPSA) is 84.1 Å². The fourth-order valence-corrected chi connectivity index (χ4v) is 3.48. The van der Waals surface area contributed by atoms with E-state index in [0.717, 1.165) is 11.3 Å². The van der Waals surface area contributed by atoms with E-state index in [1.165, 1.54) is 11.8 Å². The zero-order chi connectivity index (χ0) is 20.6. The lowest BCUT2D eigenvalue weighted by molar-refractivity contribution is -0.113. The van der Waals surface area contributed by atoms with Crippen molar-refractivity contribution in [3.05, 3.63) is 81.8 Å². The van der Waals surface area contributed by atoms with Crippen molar-refractivity contribution in [3.8, 4) is 5.75 Å². The van der Waals surface area contributed by atoms with Crippen LogP contribution in [0.25, 0.3) is 0 Å². The second-order valence-electron chi connectivity index (χ2n) is 6.42. The Morgan fingerprint density at radius 2 is 1.86 bits per heavy atom. The van der Waals surface area contributed by atoms with E-state index in [1.807, 2.05) is 49.4 Å². The van der Waals surface area contributed by atoms with Gasteiger partial charge in [0.05, 0.1) is 5.75 Å². The van der Waals surface area contributed by atoms with Gasteiger partial charge < -0.3 is 15.0 Å². The monoisotopic (exact) mass is 409 g/mol. The van der Waals surface area contributed by atoms with Crippen molar-refractivity contribution in [1.82, 2.24) is 9.97 Å². The quantitative estimate of drug-likeness (QED) is 0.435. The lowest BCUT2D eigenvalue weighted by atomic mass is 10.2. The Morgan fingerprint density at radius 3 is 2.52 bits per heavy atom. The number of hydrogen-bond donors (Lipinski definition) is 2. The van der Waals surface area contributed by atoms with Crippen molar-refractivity contribution in [2.24, 2.45) is 0 Å². The second kappa shape index (κ2) is 9.93. The van der Waals surface area contributed by atoms with Gasteiger partial charge in [-0.1, -0.05) is 49.0 Å². The summed E-state index contributed by atoms with van der Waals surface area (Å²) in [5.41, 5.74) is 3.00. The molecule has 0 fully saturated rings. The number of hydrogen-bond acceptors (Lipinski definition) is 5. The molecule has 150 valence electrons. The molecular weight excluding hydrogens is 386 g/mol. The van der Waals surface area contributed by atoms with Crippen molar-refractivity contribution in [2.75, 3.05) is 11.1 Å². The molecule has 29 heavy (non-hydrogen) atoms. The number of aryl methyl sites for hydroxylation is 1. The van der Waals surface area contributed by atoms with Crippen LogP contribution in [0, 0.1) is 6.92 Å². The van der Waals surface area contributed by atoms with Gasteiger partial charge in [0, 0.05) is 16.9 Å². The number of nitrogens with zero attached hydrogens (tertiary/aromatic N) is 1. The van der Waals surface area contributed by atoms with Crippen molar-refractivity contribution in [3.63, 3.8) is 0 Å². The molecule has 3 aromatic rings. The first-order valence-corrected chi connectivity index (χ1v) is 10.3. The molecule has 0 saturated heterocycles. The Bertz CT molecular complexity index is 1020. The first-order chi connectivity index (χ1) is 14.0. The lowest BCUT2D eigenvalue weighted by Gasteiger charge is -2.09. The van der Waals surface area contributed by atoms with Gasteiger partial charge in [0.25, 0.3) is 5.56 Å². The zero-order valence-corrected chi connectivity index (χ0v) is 17.2. The van der Waals surface area contributed by atoms with E-state index in [2.05, 4.69) is 15.3 Å². The third-order valence-corrected chi connectivity index (χ3v) is 5.15. The molecule has 1 amide bonds. The van der Waals surface area contributed by atoms with Crippen LogP contribution in [0.2, 0.25) is 0 Å². The molecule has 3 rings (SSSR count). The summed E-state index contributed by atoms with van der Waals surface area (Å²) in [6, 6.07) is 17.1. The van der Waals surface area contributed by atoms with Crippen LogP contribution in [0.4, 0.5) is 5.69 Å². The molecule has 0 atom stereocenters. The molecule has 0 saturated carbocycles. The average molecular weight is 410 g/mol. The molecule has 1 heterocycles. The van der Waals surface area contributed by atoms with E-state index in [-0.39, 0.29) is 17.2 Å². The highest BCUT2D eigenvalue weighted by atomic mass is 32.2. The Morgan fingerprint density at radius 1 is 1.14 bits per heavy atom. The molecule has 0 bridgehead atoms. The minimum atomic E-state index is -0.173. The number of carbonyl (C=O) groups excluding carboxylic acids is 1. The van der Waals surface area contributed by atoms with Crippen molar-refractivity contribution in [1.29, 1.82) is 0 Å². The summed E-state index contributed by atoms with van der Waals surface area (Å²) < 4.78 is 5.74. The number of carbonyl (C=O) groups is 1. The maximum atomic E-state index is 12.2. The summed E-state index contributed by atoms with van der Waals surface area (Å²) in [4.78, 5) is 31.2. The first kappa shape index (κ1) is 20.7. The number of amides is 1. The molecule has 0 aliphatic rings. The minimum Gasteiger partial charge on any atom is -0.489 e. The summed E-state index contributed by atoms with van der Waals surface area (Å²) in [7, 11) is 0. The average Bonchev–Trinajstić information content (AvgIpc) is 2.72. The van der Waals surface area contributed by atoms with Crippen molar-refractivity contribution < 1.29 is 9.53 Å². The van der Waals surface area contributed by atoms with Crippen LogP contribution >= 0.6 is 11.8 Å². The van der Waals surface area contributed by atoms with Crippen molar-refractivity contribution in [2.45, 2.75) is 32.0 Å². The molecule has 6 nitrogen and oxygen atoms in total. The van der Waals surface area contributed by atoms with E-state index in [0.29, 0.717) is 35.1 Å². The number of aromatic amines is 1. The van der Waals surface area contributed by atoms with Crippen LogP contribution in [0.5, 0.6) is 5.75 Å². The van der Waals surface area contributed by atoms with Gasteiger partial charge in [0.15, 0.2) is 5.16 Å². The third kappa shape index (κ3) is 5.96. The van der Waals surface area contributed by atoms with Gasteiger partial charge >= 0.3 is 0 Å². The van der Waals surface area contributed by atoms with Crippen LogP contribution in [0.15, 0.2) is 64.5 Å². The highest BCUT2D eigenvalue weighted by Crippen LogP contribution is 2.18. The number of H-pyrrole nitrogens is 1. The number of aromatic nitrogens is 2. The predicted octanol–water partition coefficient (Wildman–Crippen LogP) is 3.95. The van der Waals surface area contributed by atoms with Crippen LogP contribution in [-0.2, 0) is 17.8 Å². The molecule has 1 aromatic heterocycles. The smallest absolute Gasteiger partial charge is 0.254 e. The fourth-order valence-electron chi connectivity index (χ4n) is 2.78. The maximum absolute atomic E-state index is 12.2. The van der Waals surface area contributed by atoms with Gasteiger partial charge in [-0.05, 0) is 43.2 Å². The summed E-state index contributed by atoms with van der Waals surface area (Å²) in [6.45, 7) is 4.21. The van der Waals surface area contributed by atoms with E-state index < -0.39 is 0 Å². The summed E-state index contributed by atoms with van der Waals surface area (Å²) in [5.74, 6) is 0.711. The van der Waals surface area contributed by atoms with Gasteiger partial charge in [-0.15, -0.1) is 0 Å². The normalized spacial score (nSPS) is 10.6. The van der Waals surface area contributed by atoms with E-state index in [9.17, 15) is 9.59 Å². The molecule has 2 aromatic carbocycles. The van der Waals surface area contributed by atoms with Gasteiger partial charge in [-0.25, -0.2) is 4.98 Å². The number of nitrogens with one attached hydrogen (secondary N) is 2. The third-order valence-electron chi connectivity index (χ3n) is 4.28. The Hall–Kier alpha value is -3.06. The zero-order valence-electron chi connectivity index (χ0n) is 16.4. The molecule has 7 heteroatoms. The van der Waals surface area contributed by atoms with Gasteiger partial charge in [0.1, 0.15) is 12.4 Å². The second-order valence-corrected chi connectivity index (χ2v) is 7.39. The van der Waals surface area contributed by atoms with E-state index >= 15 is 0 Å². The SMILES string of the molecule is CCc1c(C)nc(SCC(=O)Nc2ccc(OCc3ccccc3)cc2)[nH]c1=O. The Kier molecular flexibility index (Phi) is 7.08. The molecule has 0 spiro atoms. The molecule has 2 N–H and O–H groups in total. The standard InChI is InChI=1S/C22H23N3O3S/c1-3-19-15(2)23-22(25-21(19)27)29-14-20(26)24-17-9-11-18(12-10-17)28-13-16-7-5-4-6-8-16/h4-12H,3,13-14H2,1-2H3,(H,24,26)(H,23,25,27). The summed E-state index contributed by atoms with van der Waals surface area (Å²) in [5, 5.41) is 3.28. The lowest BCUT2D eigenvalue weighted by Crippen LogP contribution is -2.18. The molecule has 0 aliphatic carbocycles. The van der Waals surface area contributed by atoms with Crippen LogP contribution in [0.3, 0.4) is 0 Å².